The second-order valence-electron chi connectivity index (χ2n) is 4.50. The molecule has 10 heteroatoms. The molecule has 4 unspecified atom stereocenters. The minimum absolute atomic E-state index is 0.00639. The second-order valence-corrected chi connectivity index (χ2v) is 4.50. The first-order valence-corrected chi connectivity index (χ1v) is 4.88. The Balaban J connectivity index is 3.40. The minimum Gasteiger partial charge on any atom is -0.374 e. The summed E-state index contributed by atoms with van der Waals surface area (Å²) in [5.74, 6) is -13.0. The van der Waals surface area contributed by atoms with Gasteiger partial charge in [-0.05, 0) is 6.92 Å². The molecule has 0 aromatic rings. The van der Waals surface area contributed by atoms with Crippen LogP contribution in [-0.2, 0) is 14.3 Å². The highest BCUT2D eigenvalue weighted by Gasteiger charge is 2.79. The SMILES string of the molecule is CC1(F)OC(F)(C(C)(O)C(=O)F)C(C)(F)OC1(F)F. The molecule has 19 heavy (non-hydrogen) atoms. The van der Waals surface area contributed by atoms with E-state index in [0.29, 0.717) is 0 Å². The summed E-state index contributed by atoms with van der Waals surface area (Å²) >= 11 is 0. The van der Waals surface area contributed by atoms with E-state index in [2.05, 4.69) is 9.47 Å². The van der Waals surface area contributed by atoms with Gasteiger partial charge in [-0.2, -0.15) is 13.2 Å². The topological polar surface area (TPSA) is 55.8 Å². The van der Waals surface area contributed by atoms with Crippen LogP contribution in [0.5, 0.6) is 0 Å². The maximum absolute atomic E-state index is 14.2. The lowest BCUT2D eigenvalue weighted by Gasteiger charge is -2.51. The Kier molecular flexibility index (Phi) is 3.26. The Bertz CT molecular complexity index is 408. The average Bonchev–Trinajstić information content (AvgIpc) is 2.12. The third-order valence-corrected chi connectivity index (χ3v) is 2.76. The number of carbonyl (C=O) groups is 1. The summed E-state index contributed by atoms with van der Waals surface area (Å²) in [6, 6.07) is -2.86. The summed E-state index contributed by atoms with van der Waals surface area (Å²) in [6.07, 6.45) is -4.93. The Morgan fingerprint density at radius 1 is 1.05 bits per heavy atom. The third-order valence-electron chi connectivity index (χ3n) is 2.76. The van der Waals surface area contributed by atoms with Crippen LogP contribution in [-0.4, -0.2) is 40.4 Å². The van der Waals surface area contributed by atoms with Crippen molar-refractivity contribution in [2.75, 3.05) is 0 Å². The largest absolute Gasteiger partial charge is 0.417 e. The first-order chi connectivity index (χ1) is 8.11. The standard InChI is InChI=1S/C9H10F6O4/c1-5(17,4(10)16)8(13)6(2,11)19-9(14,15)7(3,12)18-8/h17H,1-3H3. The van der Waals surface area contributed by atoms with Crippen molar-refractivity contribution in [1.29, 1.82) is 0 Å². The van der Waals surface area contributed by atoms with Gasteiger partial charge >= 0.3 is 23.9 Å². The van der Waals surface area contributed by atoms with Crippen LogP contribution in [0, 0.1) is 0 Å². The van der Waals surface area contributed by atoms with E-state index in [9.17, 15) is 36.2 Å². The zero-order valence-electron chi connectivity index (χ0n) is 9.94. The van der Waals surface area contributed by atoms with Crippen molar-refractivity contribution in [1.82, 2.24) is 0 Å². The van der Waals surface area contributed by atoms with E-state index in [0.717, 1.165) is 0 Å². The molecule has 1 fully saturated rings. The Hall–Kier alpha value is -0.870. The number of aliphatic hydroxyl groups is 1. The number of halogens is 6. The Morgan fingerprint density at radius 3 is 1.84 bits per heavy atom. The summed E-state index contributed by atoms with van der Waals surface area (Å²) in [7, 11) is 0. The molecule has 1 saturated heterocycles. The molecule has 0 aliphatic carbocycles. The molecule has 0 amide bonds. The molecule has 1 aliphatic heterocycles. The molecule has 0 radical (unpaired) electrons. The van der Waals surface area contributed by atoms with Gasteiger partial charge in [0.1, 0.15) is 0 Å². The Morgan fingerprint density at radius 2 is 1.47 bits per heavy atom. The molecule has 1 heterocycles. The zero-order chi connectivity index (χ0) is 15.5. The normalized spacial score (nSPS) is 45.6. The average molecular weight is 296 g/mol. The lowest BCUT2D eigenvalue weighted by atomic mass is 9.89. The van der Waals surface area contributed by atoms with Crippen LogP contribution in [0.25, 0.3) is 0 Å². The molecule has 112 valence electrons. The monoisotopic (exact) mass is 296 g/mol. The van der Waals surface area contributed by atoms with Crippen molar-refractivity contribution in [3.05, 3.63) is 0 Å². The number of hydrogen-bond acceptors (Lipinski definition) is 4. The predicted molar refractivity (Wildman–Crippen MR) is 46.7 cm³/mol. The lowest BCUT2D eigenvalue weighted by Crippen LogP contribution is -2.75. The molecular weight excluding hydrogens is 286 g/mol. The lowest BCUT2D eigenvalue weighted by molar-refractivity contribution is -0.545. The summed E-state index contributed by atoms with van der Waals surface area (Å²) in [5.41, 5.74) is -3.90. The van der Waals surface area contributed by atoms with Crippen molar-refractivity contribution < 1.29 is 45.7 Å². The van der Waals surface area contributed by atoms with Crippen LogP contribution in [0.4, 0.5) is 26.3 Å². The number of carbonyl (C=O) groups excluding carboxylic acids is 1. The molecule has 0 bridgehead atoms. The van der Waals surface area contributed by atoms with Crippen LogP contribution in [0.1, 0.15) is 20.8 Å². The molecule has 0 saturated carbocycles. The fourth-order valence-electron chi connectivity index (χ4n) is 1.47. The van der Waals surface area contributed by atoms with Gasteiger partial charge in [-0.15, -0.1) is 0 Å². The molecule has 1 aliphatic rings. The van der Waals surface area contributed by atoms with E-state index < -0.39 is 35.3 Å². The molecule has 1 N–H and O–H groups in total. The van der Waals surface area contributed by atoms with E-state index >= 15 is 0 Å². The second kappa shape index (κ2) is 3.83. The number of hydrogen-bond donors (Lipinski definition) is 1. The van der Waals surface area contributed by atoms with Gasteiger partial charge in [0.2, 0.25) is 5.60 Å². The summed E-state index contributed by atoms with van der Waals surface area (Å²) in [4.78, 5) is 10.5. The fraction of sp³-hybridized carbons (Fsp3) is 0.889. The van der Waals surface area contributed by atoms with Crippen molar-refractivity contribution >= 4 is 6.04 Å². The van der Waals surface area contributed by atoms with E-state index in [1.165, 1.54) is 0 Å². The number of rotatable bonds is 2. The van der Waals surface area contributed by atoms with Gasteiger partial charge in [0.25, 0.3) is 5.85 Å². The molecule has 0 aromatic carbocycles. The molecule has 0 spiro atoms. The number of alkyl halides is 5. The van der Waals surface area contributed by atoms with Crippen LogP contribution in [0.15, 0.2) is 0 Å². The van der Waals surface area contributed by atoms with E-state index in [1.807, 2.05) is 0 Å². The zero-order valence-corrected chi connectivity index (χ0v) is 9.94. The van der Waals surface area contributed by atoms with E-state index in [-0.39, 0.29) is 20.8 Å². The molecular formula is C9H10F6O4. The van der Waals surface area contributed by atoms with E-state index in [4.69, 9.17) is 0 Å². The number of ether oxygens (including phenoxy) is 2. The molecule has 4 nitrogen and oxygen atoms in total. The van der Waals surface area contributed by atoms with Gasteiger partial charge in [0, 0.05) is 13.8 Å². The van der Waals surface area contributed by atoms with Crippen LogP contribution < -0.4 is 0 Å². The summed E-state index contributed by atoms with van der Waals surface area (Å²) in [5, 5.41) is 9.26. The van der Waals surface area contributed by atoms with Crippen molar-refractivity contribution in [3.8, 4) is 0 Å². The van der Waals surface area contributed by atoms with Crippen LogP contribution in [0.2, 0.25) is 0 Å². The maximum atomic E-state index is 14.2. The van der Waals surface area contributed by atoms with Gasteiger partial charge < -0.3 is 5.11 Å². The first kappa shape index (κ1) is 16.2. The van der Waals surface area contributed by atoms with Gasteiger partial charge in [-0.25, -0.2) is 13.2 Å². The van der Waals surface area contributed by atoms with Gasteiger partial charge in [0.15, 0.2) is 0 Å². The first-order valence-electron chi connectivity index (χ1n) is 4.88. The molecule has 1 rings (SSSR count). The summed E-state index contributed by atoms with van der Waals surface area (Å²) in [6.45, 7) is 0.0545. The Labute approximate surface area is 103 Å². The highest BCUT2D eigenvalue weighted by Crippen LogP contribution is 2.55. The minimum atomic E-state index is -4.93. The van der Waals surface area contributed by atoms with Gasteiger partial charge in [0.05, 0.1) is 0 Å². The fourth-order valence-corrected chi connectivity index (χ4v) is 1.47. The third kappa shape index (κ3) is 2.01. The van der Waals surface area contributed by atoms with Gasteiger partial charge in [-0.1, -0.05) is 0 Å². The maximum Gasteiger partial charge on any atom is 0.417 e. The predicted octanol–water partition coefficient (Wildman–Crippen LogP) is 1.91. The highest BCUT2D eigenvalue weighted by atomic mass is 19.3. The molecule has 4 atom stereocenters. The smallest absolute Gasteiger partial charge is 0.374 e. The van der Waals surface area contributed by atoms with Crippen molar-refractivity contribution in [2.45, 2.75) is 50.0 Å². The van der Waals surface area contributed by atoms with Crippen LogP contribution >= 0.6 is 0 Å². The van der Waals surface area contributed by atoms with Crippen LogP contribution in [0.3, 0.4) is 0 Å². The highest BCUT2D eigenvalue weighted by molar-refractivity contribution is 5.79. The van der Waals surface area contributed by atoms with Gasteiger partial charge in [-0.3, -0.25) is 14.3 Å². The van der Waals surface area contributed by atoms with E-state index in [1.54, 1.807) is 0 Å². The quantitative estimate of drug-likeness (QED) is 0.625. The molecule has 0 aromatic heterocycles. The van der Waals surface area contributed by atoms with Crippen molar-refractivity contribution in [3.63, 3.8) is 0 Å². The van der Waals surface area contributed by atoms with Crippen molar-refractivity contribution in [2.24, 2.45) is 0 Å². The summed E-state index contributed by atoms with van der Waals surface area (Å²) < 4.78 is 86.8.